The molecule has 5 nitrogen and oxygen atoms in total. The van der Waals surface area contributed by atoms with Gasteiger partial charge in [0.25, 0.3) is 5.89 Å². The van der Waals surface area contributed by atoms with E-state index in [9.17, 15) is 0 Å². The average molecular weight is 309 g/mol. The summed E-state index contributed by atoms with van der Waals surface area (Å²) < 4.78 is 10.9. The highest BCUT2D eigenvalue weighted by Gasteiger charge is 2.09. The molecule has 0 amide bonds. The molecule has 3 aromatic rings. The van der Waals surface area contributed by atoms with E-state index >= 15 is 0 Å². The number of nitrogens with two attached hydrogens (primary N) is 1. The van der Waals surface area contributed by atoms with E-state index in [1.165, 1.54) is 5.56 Å². The first kappa shape index (κ1) is 15.2. The maximum absolute atomic E-state index is 5.61. The minimum absolute atomic E-state index is 0.254. The molecule has 0 aliphatic carbocycles. The lowest BCUT2D eigenvalue weighted by molar-refractivity contribution is 0.243. The van der Waals surface area contributed by atoms with Gasteiger partial charge in [0.05, 0.1) is 0 Å². The lowest BCUT2D eigenvalue weighted by atomic mass is 10.1. The maximum Gasteiger partial charge on any atom is 0.264 e. The summed E-state index contributed by atoms with van der Waals surface area (Å²) in [6, 6.07) is 17.7. The van der Waals surface area contributed by atoms with E-state index < -0.39 is 0 Å². The van der Waals surface area contributed by atoms with Crippen LogP contribution in [-0.4, -0.2) is 16.7 Å². The van der Waals surface area contributed by atoms with Gasteiger partial charge in [-0.05, 0) is 43.1 Å². The molecule has 2 aromatic carbocycles. The van der Waals surface area contributed by atoms with Gasteiger partial charge in [-0.15, -0.1) is 0 Å². The Morgan fingerprint density at radius 1 is 1.04 bits per heavy atom. The van der Waals surface area contributed by atoms with Crippen LogP contribution in [0.2, 0.25) is 0 Å². The summed E-state index contributed by atoms with van der Waals surface area (Å²) in [7, 11) is 0. The summed E-state index contributed by atoms with van der Waals surface area (Å²) in [4.78, 5) is 4.39. The Balaban J connectivity index is 1.67. The fraction of sp³-hybridized carbons (Fsp3) is 0.222. The fourth-order valence-electron chi connectivity index (χ4n) is 2.26. The zero-order valence-corrected chi connectivity index (χ0v) is 12.8. The highest BCUT2D eigenvalue weighted by molar-refractivity contribution is 5.55. The van der Waals surface area contributed by atoms with Crippen molar-refractivity contribution >= 4 is 0 Å². The zero-order chi connectivity index (χ0) is 15.9. The number of benzene rings is 2. The van der Waals surface area contributed by atoms with Crippen molar-refractivity contribution < 1.29 is 9.26 Å². The molecule has 2 N–H and O–H groups in total. The number of hydrogen-bond acceptors (Lipinski definition) is 5. The van der Waals surface area contributed by atoms with Crippen LogP contribution in [0.1, 0.15) is 17.9 Å². The van der Waals surface area contributed by atoms with Crippen LogP contribution < -0.4 is 10.5 Å². The summed E-state index contributed by atoms with van der Waals surface area (Å²) >= 11 is 0. The van der Waals surface area contributed by atoms with Crippen molar-refractivity contribution in [2.75, 3.05) is 6.54 Å². The normalized spacial score (nSPS) is 10.7. The van der Waals surface area contributed by atoms with Gasteiger partial charge in [0.1, 0.15) is 5.75 Å². The van der Waals surface area contributed by atoms with Crippen molar-refractivity contribution in [1.29, 1.82) is 0 Å². The second-order valence-corrected chi connectivity index (χ2v) is 5.21. The Morgan fingerprint density at radius 2 is 1.91 bits per heavy atom. The van der Waals surface area contributed by atoms with Crippen LogP contribution in [0.15, 0.2) is 59.1 Å². The van der Waals surface area contributed by atoms with E-state index in [1.54, 1.807) is 0 Å². The highest BCUT2D eigenvalue weighted by atomic mass is 16.5. The highest BCUT2D eigenvalue weighted by Crippen LogP contribution is 2.19. The molecule has 0 saturated heterocycles. The Bertz CT molecular complexity index is 741. The van der Waals surface area contributed by atoms with Gasteiger partial charge in [-0.1, -0.05) is 41.6 Å². The minimum atomic E-state index is 0.254. The van der Waals surface area contributed by atoms with Crippen LogP contribution in [0.3, 0.4) is 0 Å². The topological polar surface area (TPSA) is 74.2 Å². The predicted octanol–water partition coefficient (Wildman–Crippen LogP) is 3.21. The molecule has 3 rings (SSSR count). The van der Waals surface area contributed by atoms with E-state index in [4.69, 9.17) is 15.0 Å². The van der Waals surface area contributed by atoms with Crippen LogP contribution in [0.25, 0.3) is 11.4 Å². The van der Waals surface area contributed by atoms with Crippen molar-refractivity contribution in [1.82, 2.24) is 10.1 Å². The van der Waals surface area contributed by atoms with Gasteiger partial charge >= 0.3 is 0 Å². The number of aromatic nitrogens is 2. The first-order chi connectivity index (χ1) is 11.3. The van der Waals surface area contributed by atoms with Gasteiger partial charge in [0, 0.05) is 5.56 Å². The molecule has 23 heavy (non-hydrogen) atoms. The lowest BCUT2D eigenvalue weighted by Gasteiger charge is -2.02. The molecule has 118 valence electrons. The number of ether oxygens (including phenoxy) is 1. The van der Waals surface area contributed by atoms with Gasteiger partial charge in [-0.25, -0.2) is 0 Å². The Hall–Kier alpha value is -2.66. The van der Waals surface area contributed by atoms with E-state index in [1.807, 2.05) is 42.5 Å². The van der Waals surface area contributed by atoms with Crippen molar-refractivity contribution in [3.05, 3.63) is 66.1 Å². The lowest BCUT2D eigenvalue weighted by Crippen LogP contribution is -2.00. The standard InChI is InChI=1S/C18H19N3O2/c19-11-5-7-14-6-4-8-15(12-14)18-20-17(23-21-18)13-22-16-9-2-1-3-10-16/h1-4,6,8-10,12H,5,7,11,13,19H2. The molecule has 1 heterocycles. The number of rotatable bonds is 7. The van der Waals surface area contributed by atoms with Gasteiger partial charge in [0.15, 0.2) is 6.61 Å². The molecular formula is C18H19N3O2. The Labute approximate surface area is 135 Å². The SMILES string of the molecule is NCCCc1cccc(-c2noc(COc3ccccc3)n2)c1. The summed E-state index contributed by atoms with van der Waals surface area (Å²) in [5.41, 5.74) is 7.72. The number of nitrogens with zero attached hydrogens (tertiary/aromatic N) is 2. The molecule has 0 spiro atoms. The van der Waals surface area contributed by atoms with Crippen molar-refractivity contribution in [2.24, 2.45) is 5.73 Å². The average Bonchev–Trinajstić information content (AvgIpc) is 3.08. The van der Waals surface area contributed by atoms with Crippen LogP contribution >= 0.6 is 0 Å². The van der Waals surface area contributed by atoms with E-state index in [-0.39, 0.29) is 6.61 Å². The fourth-order valence-corrected chi connectivity index (χ4v) is 2.26. The second kappa shape index (κ2) is 7.56. The van der Waals surface area contributed by atoms with Crippen LogP contribution in [0.4, 0.5) is 0 Å². The molecule has 0 atom stereocenters. The predicted molar refractivity (Wildman–Crippen MR) is 87.9 cm³/mol. The van der Waals surface area contributed by atoms with E-state index in [0.717, 1.165) is 24.2 Å². The van der Waals surface area contributed by atoms with E-state index in [0.29, 0.717) is 18.3 Å². The largest absolute Gasteiger partial charge is 0.484 e. The molecule has 0 fully saturated rings. The number of aryl methyl sites for hydroxylation is 1. The third-order valence-corrected chi connectivity index (χ3v) is 3.43. The maximum atomic E-state index is 5.61. The van der Waals surface area contributed by atoms with Crippen molar-refractivity contribution in [3.8, 4) is 17.1 Å². The Morgan fingerprint density at radius 3 is 2.74 bits per heavy atom. The molecule has 1 aromatic heterocycles. The van der Waals surface area contributed by atoms with E-state index in [2.05, 4.69) is 22.3 Å². The monoisotopic (exact) mass is 309 g/mol. The Kier molecular flexibility index (Phi) is 5.01. The molecule has 0 aliphatic rings. The van der Waals surface area contributed by atoms with Crippen LogP contribution in [0.5, 0.6) is 5.75 Å². The molecule has 0 aliphatic heterocycles. The molecule has 0 radical (unpaired) electrons. The smallest absolute Gasteiger partial charge is 0.264 e. The third kappa shape index (κ3) is 4.17. The van der Waals surface area contributed by atoms with Gasteiger partial charge in [0.2, 0.25) is 5.82 Å². The third-order valence-electron chi connectivity index (χ3n) is 3.43. The second-order valence-electron chi connectivity index (χ2n) is 5.21. The number of para-hydroxylation sites is 1. The van der Waals surface area contributed by atoms with Gasteiger partial charge < -0.3 is 15.0 Å². The molecule has 0 unspecified atom stereocenters. The van der Waals surface area contributed by atoms with Crippen molar-refractivity contribution in [3.63, 3.8) is 0 Å². The summed E-state index contributed by atoms with van der Waals surface area (Å²) in [5, 5.41) is 4.03. The molecular weight excluding hydrogens is 290 g/mol. The molecule has 0 bridgehead atoms. The first-order valence-electron chi connectivity index (χ1n) is 7.65. The molecule has 5 heteroatoms. The first-order valence-corrected chi connectivity index (χ1v) is 7.65. The van der Waals surface area contributed by atoms with Gasteiger partial charge in [-0.2, -0.15) is 4.98 Å². The zero-order valence-electron chi connectivity index (χ0n) is 12.8. The summed E-state index contributed by atoms with van der Waals surface area (Å²) in [6.45, 7) is 0.942. The summed E-state index contributed by atoms with van der Waals surface area (Å²) in [5.74, 6) is 1.80. The van der Waals surface area contributed by atoms with Crippen LogP contribution in [0, 0.1) is 0 Å². The van der Waals surface area contributed by atoms with Gasteiger partial charge in [-0.3, -0.25) is 0 Å². The summed E-state index contributed by atoms with van der Waals surface area (Å²) in [6.07, 6.45) is 1.91. The molecule has 0 saturated carbocycles. The van der Waals surface area contributed by atoms with Crippen LogP contribution in [-0.2, 0) is 13.0 Å². The quantitative estimate of drug-likeness (QED) is 0.725. The van der Waals surface area contributed by atoms with Crippen molar-refractivity contribution in [2.45, 2.75) is 19.4 Å². The number of hydrogen-bond donors (Lipinski definition) is 1. The minimum Gasteiger partial charge on any atom is -0.484 e.